The van der Waals surface area contributed by atoms with Gasteiger partial charge in [0.1, 0.15) is 5.75 Å². The molecule has 1 atom stereocenters. The summed E-state index contributed by atoms with van der Waals surface area (Å²) in [6, 6.07) is 9.70. The van der Waals surface area contributed by atoms with E-state index in [4.69, 9.17) is 4.74 Å². The van der Waals surface area contributed by atoms with E-state index in [0.29, 0.717) is 13.2 Å². The van der Waals surface area contributed by atoms with Crippen LogP contribution in [-0.4, -0.2) is 23.2 Å². The average molecular weight is 273 g/mol. The molecule has 1 N–H and O–H groups in total. The average Bonchev–Trinajstić information content (AvgIpc) is 2.48. The van der Waals surface area contributed by atoms with Crippen molar-refractivity contribution in [3.8, 4) is 5.75 Å². The molecule has 1 aromatic heterocycles. The van der Waals surface area contributed by atoms with Crippen molar-refractivity contribution in [3.63, 3.8) is 0 Å². The fourth-order valence-corrected chi connectivity index (χ4v) is 2.05. The minimum atomic E-state index is -0.237. The van der Waals surface area contributed by atoms with Crippen molar-refractivity contribution in [1.82, 2.24) is 14.9 Å². The Balaban J connectivity index is 2.16. The second-order valence-corrected chi connectivity index (χ2v) is 4.40. The van der Waals surface area contributed by atoms with Crippen molar-refractivity contribution in [1.29, 1.82) is 0 Å². The van der Waals surface area contributed by atoms with Crippen LogP contribution in [0.2, 0.25) is 0 Å². The van der Waals surface area contributed by atoms with Crippen molar-refractivity contribution >= 4 is 0 Å². The first-order valence-electron chi connectivity index (χ1n) is 6.66. The zero-order chi connectivity index (χ0) is 14.4. The van der Waals surface area contributed by atoms with Crippen LogP contribution in [0.1, 0.15) is 18.5 Å². The molecule has 0 aliphatic heterocycles. The molecule has 0 fully saturated rings. The monoisotopic (exact) mass is 273 g/mol. The molecule has 0 saturated heterocycles. The van der Waals surface area contributed by atoms with Gasteiger partial charge in [0.2, 0.25) is 0 Å². The standard InChI is InChI=1S/C15H19N3O2/c1-3-20-13-7-5-12(6-8-13)14(16-2)11-18-10-4-9-17-15(18)19/h4-10,14,16H,3,11H2,1-2H3. The molecule has 0 saturated carbocycles. The van der Waals surface area contributed by atoms with Crippen LogP contribution in [0.3, 0.4) is 0 Å². The van der Waals surface area contributed by atoms with Gasteiger partial charge in [-0.25, -0.2) is 9.78 Å². The summed E-state index contributed by atoms with van der Waals surface area (Å²) in [7, 11) is 1.88. The molecule has 5 heteroatoms. The van der Waals surface area contributed by atoms with E-state index in [0.717, 1.165) is 11.3 Å². The number of rotatable bonds is 6. The predicted molar refractivity (Wildman–Crippen MR) is 77.9 cm³/mol. The Morgan fingerprint density at radius 3 is 2.70 bits per heavy atom. The van der Waals surface area contributed by atoms with Gasteiger partial charge >= 0.3 is 5.69 Å². The van der Waals surface area contributed by atoms with Gasteiger partial charge < -0.3 is 10.1 Å². The molecule has 0 spiro atoms. The summed E-state index contributed by atoms with van der Waals surface area (Å²) >= 11 is 0. The third kappa shape index (κ3) is 3.45. The lowest BCUT2D eigenvalue weighted by atomic mass is 10.1. The normalized spacial score (nSPS) is 12.1. The lowest BCUT2D eigenvalue weighted by Crippen LogP contribution is -2.29. The van der Waals surface area contributed by atoms with Crippen LogP contribution in [0.4, 0.5) is 0 Å². The molecular formula is C15H19N3O2. The molecule has 20 heavy (non-hydrogen) atoms. The first-order chi connectivity index (χ1) is 9.74. The first kappa shape index (κ1) is 14.3. The molecule has 0 bridgehead atoms. The van der Waals surface area contributed by atoms with Gasteiger partial charge in [0, 0.05) is 18.9 Å². The Morgan fingerprint density at radius 2 is 2.10 bits per heavy atom. The van der Waals surface area contributed by atoms with Crippen LogP contribution in [0.5, 0.6) is 5.75 Å². The molecule has 1 unspecified atom stereocenters. The highest BCUT2D eigenvalue weighted by Gasteiger charge is 2.11. The highest BCUT2D eigenvalue weighted by molar-refractivity contribution is 5.29. The summed E-state index contributed by atoms with van der Waals surface area (Å²) in [6.07, 6.45) is 3.25. The molecule has 106 valence electrons. The topological polar surface area (TPSA) is 56.2 Å². The van der Waals surface area contributed by atoms with E-state index in [1.54, 1.807) is 16.8 Å². The Hall–Kier alpha value is -2.14. The van der Waals surface area contributed by atoms with Gasteiger partial charge in [0.15, 0.2) is 0 Å². The van der Waals surface area contributed by atoms with Crippen LogP contribution in [0.25, 0.3) is 0 Å². The quantitative estimate of drug-likeness (QED) is 0.868. The number of ether oxygens (including phenoxy) is 1. The van der Waals surface area contributed by atoms with Gasteiger partial charge in [-0.15, -0.1) is 0 Å². The molecule has 5 nitrogen and oxygen atoms in total. The summed E-state index contributed by atoms with van der Waals surface area (Å²) in [5.74, 6) is 0.852. The Kier molecular flexibility index (Phi) is 4.90. The molecule has 0 aliphatic carbocycles. The summed E-state index contributed by atoms with van der Waals surface area (Å²) in [5.41, 5.74) is 0.866. The fraction of sp³-hybridized carbons (Fsp3) is 0.333. The Labute approximate surface area is 118 Å². The fourth-order valence-electron chi connectivity index (χ4n) is 2.05. The van der Waals surface area contributed by atoms with E-state index >= 15 is 0 Å². The van der Waals surface area contributed by atoms with E-state index < -0.39 is 0 Å². The van der Waals surface area contributed by atoms with Crippen molar-refractivity contribution < 1.29 is 4.74 Å². The van der Waals surface area contributed by atoms with Crippen molar-refractivity contribution in [2.45, 2.75) is 19.5 Å². The van der Waals surface area contributed by atoms with Gasteiger partial charge in [-0.2, -0.15) is 0 Å². The largest absolute Gasteiger partial charge is 0.494 e. The van der Waals surface area contributed by atoms with Gasteiger partial charge in [-0.1, -0.05) is 12.1 Å². The molecular weight excluding hydrogens is 254 g/mol. The lowest BCUT2D eigenvalue weighted by molar-refractivity contribution is 0.340. The highest BCUT2D eigenvalue weighted by Crippen LogP contribution is 2.18. The predicted octanol–water partition coefficient (Wildman–Crippen LogP) is 1.60. The second-order valence-electron chi connectivity index (χ2n) is 4.40. The lowest BCUT2D eigenvalue weighted by Gasteiger charge is -2.18. The van der Waals surface area contributed by atoms with Gasteiger partial charge in [0.05, 0.1) is 12.6 Å². The third-order valence-corrected chi connectivity index (χ3v) is 3.10. The third-order valence-electron chi connectivity index (χ3n) is 3.10. The van der Waals surface area contributed by atoms with Crippen LogP contribution in [0, 0.1) is 0 Å². The number of aromatic nitrogens is 2. The molecule has 2 rings (SSSR count). The molecule has 0 radical (unpaired) electrons. The summed E-state index contributed by atoms with van der Waals surface area (Å²) in [4.78, 5) is 15.4. The van der Waals surface area contributed by atoms with Crippen molar-refractivity contribution in [2.24, 2.45) is 0 Å². The Bertz CT molecular complexity index is 593. The molecule has 1 heterocycles. The second kappa shape index (κ2) is 6.86. The van der Waals surface area contributed by atoms with Gasteiger partial charge in [-0.3, -0.25) is 4.57 Å². The molecule has 0 aliphatic rings. The SMILES string of the molecule is CCOc1ccc(C(Cn2cccnc2=O)NC)cc1. The maximum Gasteiger partial charge on any atom is 0.347 e. The van der Waals surface area contributed by atoms with Gasteiger partial charge in [-0.05, 0) is 37.7 Å². The van der Waals surface area contributed by atoms with Crippen LogP contribution in [0.15, 0.2) is 47.5 Å². The molecule has 1 aromatic carbocycles. The number of hydrogen-bond acceptors (Lipinski definition) is 4. The van der Waals surface area contributed by atoms with E-state index in [1.807, 2.05) is 38.2 Å². The van der Waals surface area contributed by atoms with Crippen LogP contribution < -0.4 is 15.7 Å². The van der Waals surface area contributed by atoms with Gasteiger partial charge in [0.25, 0.3) is 0 Å². The summed E-state index contributed by atoms with van der Waals surface area (Å²) in [5, 5.41) is 3.22. The van der Waals surface area contributed by atoms with E-state index in [1.165, 1.54) is 6.20 Å². The maximum atomic E-state index is 11.6. The van der Waals surface area contributed by atoms with E-state index in [2.05, 4.69) is 10.3 Å². The smallest absolute Gasteiger partial charge is 0.347 e. The van der Waals surface area contributed by atoms with E-state index in [-0.39, 0.29) is 11.7 Å². The molecule has 2 aromatic rings. The number of nitrogens with zero attached hydrogens (tertiary/aromatic N) is 2. The summed E-state index contributed by atoms with van der Waals surface area (Å²) < 4.78 is 7.02. The zero-order valence-electron chi connectivity index (χ0n) is 11.7. The summed E-state index contributed by atoms with van der Waals surface area (Å²) in [6.45, 7) is 3.15. The van der Waals surface area contributed by atoms with Crippen molar-refractivity contribution in [3.05, 3.63) is 58.8 Å². The van der Waals surface area contributed by atoms with Crippen LogP contribution in [-0.2, 0) is 6.54 Å². The number of nitrogens with one attached hydrogen (secondary N) is 1. The number of likely N-dealkylation sites (N-methyl/N-ethyl adjacent to an activating group) is 1. The molecule has 0 amide bonds. The number of hydrogen-bond donors (Lipinski definition) is 1. The maximum absolute atomic E-state index is 11.6. The first-order valence-corrected chi connectivity index (χ1v) is 6.66. The number of benzene rings is 1. The highest BCUT2D eigenvalue weighted by atomic mass is 16.5. The van der Waals surface area contributed by atoms with Crippen molar-refractivity contribution in [2.75, 3.05) is 13.7 Å². The Morgan fingerprint density at radius 1 is 1.35 bits per heavy atom. The zero-order valence-corrected chi connectivity index (χ0v) is 11.7. The minimum Gasteiger partial charge on any atom is -0.494 e. The van der Waals surface area contributed by atoms with E-state index in [9.17, 15) is 4.79 Å². The van der Waals surface area contributed by atoms with Crippen LogP contribution >= 0.6 is 0 Å². The minimum absolute atomic E-state index is 0.0487.